The lowest BCUT2D eigenvalue weighted by atomic mass is 9.86. The predicted octanol–water partition coefficient (Wildman–Crippen LogP) is 8.57. The van der Waals surface area contributed by atoms with E-state index in [4.69, 9.17) is 9.47 Å². The fraction of sp³-hybridized carbons (Fsp3) is 0.412. The maximum Gasteiger partial charge on any atom is 0.416 e. The molecule has 0 bridgehead atoms. The van der Waals surface area contributed by atoms with Crippen molar-refractivity contribution in [2.45, 2.75) is 83.1 Å². The van der Waals surface area contributed by atoms with Crippen LogP contribution in [0.15, 0.2) is 72.2 Å². The van der Waals surface area contributed by atoms with Crippen LogP contribution in [-0.4, -0.2) is 24.1 Å². The lowest BCUT2D eigenvalue weighted by Crippen LogP contribution is -2.23. The molecule has 7 nitrogen and oxygen atoms in total. The number of amides is 3. The van der Waals surface area contributed by atoms with Gasteiger partial charge in [-0.2, -0.15) is 13.2 Å². The maximum atomic E-state index is 15.0. The second kappa shape index (κ2) is 13.9. The number of halogens is 4. The van der Waals surface area contributed by atoms with Gasteiger partial charge in [-0.05, 0) is 100 Å². The van der Waals surface area contributed by atoms with Crippen molar-refractivity contribution < 1.29 is 36.6 Å². The molecule has 3 amide bonds. The van der Waals surface area contributed by atoms with Gasteiger partial charge in [-0.3, -0.25) is 4.79 Å². The number of rotatable bonds is 7. The molecule has 2 aromatic rings. The average Bonchev–Trinajstić information content (AvgIpc) is 3.81. The molecule has 3 unspecified atom stereocenters. The Hall–Kier alpha value is -4.12. The lowest BCUT2D eigenvalue weighted by molar-refractivity contribution is -0.137. The number of anilines is 2. The van der Waals surface area contributed by atoms with Crippen molar-refractivity contribution in [2.75, 3.05) is 10.6 Å². The van der Waals surface area contributed by atoms with Crippen molar-refractivity contribution in [3.05, 3.63) is 89.1 Å². The van der Waals surface area contributed by atoms with Crippen LogP contribution in [0, 0.1) is 11.7 Å². The van der Waals surface area contributed by atoms with E-state index in [0.29, 0.717) is 36.3 Å². The molecule has 3 aliphatic rings. The van der Waals surface area contributed by atoms with Gasteiger partial charge in [-0.15, -0.1) is 0 Å². The van der Waals surface area contributed by atoms with E-state index in [2.05, 4.69) is 16.0 Å². The Morgan fingerprint density at radius 2 is 1.71 bits per heavy atom. The third kappa shape index (κ3) is 9.20. The monoisotopic (exact) mass is 627 g/mol. The first kappa shape index (κ1) is 32.3. The van der Waals surface area contributed by atoms with E-state index in [0.717, 1.165) is 43.9 Å². The van der Waals surface area contributed by atoms with Gasteiger partial charge in [-0.1, -0.05) is 18.6 Å². The number of hydrogen-bond donors (Lipinski definition) is 3. The molecule has 0 aromatic heterocycles. The SMILES string of the molecule is CC1CCCC(c2cc(NC(=O)Nc3ccc(OC4=CC(NC(=O)C5CC5)=CCC=C4)c(F)c3)cc(C(F)(F)F)c2)CC(C)O1. The van der Waals surface area contributed by atoms with Gasteiger partial charge in [0.1, 0.15) is 5.76 Å². The van der Waals surface area contributed by atoms with Crippen molar-refractivity contribution >= 4 is 23.3 Å². The summed E-state index contributed by atoms with van der Waals surface area (Å²) >= 11 is 0. The maximum absolute atomic E-state index is 15.0. The van der Waals surface area contributed by atoms with Gasteiger partial charge in [0.05, 0.1) is 17.8 Å². The second-order valence-electron chi connectivity index (χ2n) is 11.9. The van der Waals surface area contributed by atoms with Gasteiger partial charge in [0.15, 0.2) is 11.6 Å². The van der Waals surface area contributed by atoms with Crippen LogP contribution in [0.1, 0.15) is 75.8 Å². The van der Waals surface area contributed by atoms with Crippen LogP contribution in [0.3, 0.4) is 0 Å². The summed E-state index contributed by atoms with van der Waals surface area (Å²) in [5.41, 5.74) is 0.231. The third-order valence-electron chi connectivity index (χ3n) is 7.94. The number of carbonyl (C=O) groups excluding carboxylic acids is 2. The molecule has 11 heteroatoms. The van der Waals surface area contributed by atoms with Crippen molar-refractivity contribution in [3.8, 4) is 5.75 Å². The van der Waals surface area contributed by atoms with E-state index in [1.165, 1.54) is 12.1 Å². The standard InChI is InChI=1S/C34H37F4N3O4/c1-20-6-5-7-23(14-21(2)44-20)24-15-25(34(36,37)38)17-28(16-24)41-33(43)40-27-12-13-31(30(35)19-27)45-29-9-4-3-8-26(18-29)39-32(42)22-10-11-22/h4,8-9,12-13,15-23H,3,5-7,10-11,14H2,1-2H3,(H,39,42)(H2,40,41,43). The Morgan fingerprint density at radius 1 is 0.933 bits per heavy atom. The molecule has 3 atom stereocenters. The summed E-state index contributed by atoms with van der Waals surface area (Å²) in [4.78, 5) is 25.0. The highest BCUT2D eigenvalue weighted by Crippen LogP contribution is 2.38. The summed E-state index contributed by atoms with van der Waals surface area (Å²) in [5, 5.41) is 7.80. The normalized spacial score (nSPS) is 22.2. The molecular weight excluding hydrogens is 590 g/mol. The number of urea groups is 1. The summed E-state index contributed by atoms with van der Waals surface area (Å²) in [6.45, 7) is 3.91. The van der Waals surface area contributed by atoms with E-state index in [9.17, 15) is 27.2 Å². The van der Waals surface area contributed by atoms with Crippen molar-refractivity contribution in [1.82, 2.24) is 5.32 Å². The highest BCUT2D eigenvalue weighted by Gasteiger charge is 2.33. The molecule has 240 valence electrons. The van der Waals surface area contributed by atoms with Crippen molar-refractivity contribution in [1.29, 1.82) is 0 Å². The predicted molar refractivity (Wildman–Crippen MR) is 163 cm³/mol. The fourth-order valence-electron chi connectivity index (χ4n) is 5.58. The number of hydrogen-bond acceptors (Lipinski definition) is 4. The van der Waals surface area contributed by atoms with E-state index in [1.54, 1.807) is 18.2 Å². The third-order valence-corrected chi connectivity index (χ3v) is 7.94. The van der Waals surface area contributed by atoms with Gasteiger partial charge in [0.2, 0.25) is 5.91 Å². The quantitative estimate of drug-likeness (QED) is 0.269. The molecule has 3 N–H and O–H groups in total. The smallest absolute Gasteiger partial charge is 0.416 e. The Bertz CT molecular complexity index is 1510. The molecule has 2 aliphatic carbocycles. The number of benzene rings is 2. The summed E-state index contributed by atoms with van der Waals surface area (Å²) in [6.07, 6.45) is 7.46. The number of ether oxygens (including phenoxy) is 2. The number of allylic oxidation sites excluding steroid dienone is 4. The first-order chi connectivity index (χ1) is 21.4. The van der Waals surface area contributed by atoms with Crippen molar-refractivity contribution in [2.24, 2.45) is 5.92 Å². The highest BCUT2D eigenvalue weighted by atomic mass is 19.4. The van der Waals surface area contributed by atoms with E-state index in [-0.39, 0.29) is 47.1 Å². The molecule has 0 radical (unpaired) electrons. The summed E-state index contributed by atoms with van der Waals surface area (Å²) in [6, 6.07) is 6.55. The van der Waals surface area contributed by atoms with E-state index in [1.807, 2.05) is 26.0 Å². The zero-order valence-corrected chi connectivity index (χ0v) is 25.2. The van der Waals surface area contributed by atoms with Crippen LogP contribution >= 0.6 is 0 Å². The average molecular weight is 628 g/mol. The summed E-state index contributed by atoms with van der Waals surface area (Å²) in [7, 11) is 0. The summed E-state index contributed by atoms with van der Waals surface area (Å²) < 4.78 is 68.1. The van der Waals surface area contributed by atoms with Crippen LogP contribution in [-0.2, 0) is 15.7 Å². The summed E-state index contributed by atoms with van der Waals surface area (Å²) in [5.74, 6) is -0.763. The second-order valence-corrected chi connectivity index (χ2v) is 11.9. The van der Waals surface area contributed by atoms with Crippen LogP contribution in [0.25, 0.3) is 0 Å². The van der Waals surface area contributed by atoms with Gasteiger partial charge in [0, 0.05) is 35.1 Å². The van der Waals surface area contributed by atoms with Gasteiger partial charge >= 0.3 is 12.2 Å². The van der Waals surface area contributed by atoms with Crippen LogP contribution < -0.4 is 20.7 Å². The molecule has 1 heterocycles. The molecule has 1 aliphatic heterocycles. The van der Waals surface area contributed by atoms with Gasteiger partial charge in [-0.25, -0.2) is 9.18 Å². The largest absolute Gasteiger partial charge is 0.454 e. The molecular formula is C34H37F4N3O4. The zero-order valence-electron chi connectivity index (χ0n) is 25.2. The molecule has 2 fully saturated rings. The highest BCUT2D eigenvalue weighted by molar-refractivity contribution is 5.99. The molecule has 0 spiro atoms. The number of alkyl halides is 3. The Balaban J connectivity index is 1.25. The van der Waals surface area contributed by atoms with Crippen LogP contribution in [0.2, 0.25) is 0 Å². The van der Waals surface area contributed by atoms with E-state index < -0.39 is 23.6 Å². The Morgan fingerprint density at radius 3 is 2.44 bits per heavy atom. The van der Waals surface area contributed by atoms with Gasteiger partial charge in [0.25, 0.3) is 0 Å². The first-order valence-electron chi connectivity index (χ1n) is 15.2. The van der Waals surface area contributed by atoms with E-state index >= 15 is 0 Å². The molecule has 1 saturated heterocycles. The number of nitrogens with one attached hydrogen (secondary N) is 3. The zero-order chi connectivity index (χ0) is 32.1. The molecule has 5 rings (SSSR count). The van der Waals surface area contributed by atoms with Gasteiger partial charge < -0.3 is 25.4 Å². The Kier molecular flexibility index (Phi) is 9.96. The Labute approximate surface area is 259 Å². The molecule has 45 heavy (non-hydrogen) atoms. The van der Waals surface area contributed by atoms with Crippen LogP contribution in [0.4, 0.5) is 33.7 Å². The number of carbonyl (C=O) groups is 2. The minimum Gasteiger partial charge on any atom is -0.454 e. The molecule has 1 saturated carbocycles. The van der Waals surface area contributed by atoms with Crippen molar-refractivity contribution in [3.63, 3.8) is 0 Å². The first-order valence-corrected chi connectivity index (χ1v) is 15.2. The molecule has 2 aromatic carbocycles. The van der Waals surface area contributed by atoms with Crippen LogP contribution in [0.5, 0.6) is 5.75 Å². The minimum atomic E-state index is -4.61. The fourth-order valence-corrected chi connectivity index (χ4v) is 5.58. The lowest BCUT2D eigenvalue weighted by Gasteiger charge is -2.29. The minimum absolute atomic E-state index is 0.0218. The topological polar surface area (TPSA) is 88.7 Å².